The number of aliphatic hydroxyl groups excluding tert-OH is 1. The molecule has 0 amide bonds. The molecule has 2 aliphatic rings. The van der Waals surface area contributed by atoms with E-state index < -0.39 is 0 Å². The van der Waals surface area contributed by atoms with E-state index >= 15 is 0 Å². The van der Waals surface area contributed by atoms with Crippen molar-refractivity contribution in [2.45, 2.75) is 57.2 Å². The van der Waals surface area contributed by atoms with Crippen molar-refractivity contribution in [3.05, 3.63) is 18.5 Å². The first-order chi connectivity index (χ1) is 11.8. The Labute approximate surface area is 141 Å². The van der Waals surface area contributed by atoms with Crippen LogP contribution in [-0.2, 0) is 6.54 Å². The summed E-state index contributed by atoms with van der Waals surface area (Å²) in [6, 6.07) is 2.47. The van der Waals surface area contributed by atoms with Crippen LogP contribution < -0.4 is 10.6 Å². The van der Waals surface area contributed by atoms with Crippen LogP contribution in [0.15, 0.2) is 18.5 Å². The number of aliphatic hydroxyl groups is 1. The summed E-state index contributed by atoms with van der Waals surface area (Å²) in [7, 11) is 0. The Morgan fingerprint density at radius 2 is 2.12 bits per heavy atom. The Bertz CT molecular complexity index is 694. The van der Waals surface area contributed by atoms with Crippen molar-refractivity contribution < 1.29 is 5.11 Å². The number of hydrogen-bond acceptors (Lipinski definition) is 6. The number of nitrogens with one attached hydrogen (secondary N) is 2. The molecule has 0 saturated heterocycles. The summed E-state index contributed by atoms with van der Waals surface area (Å²) < 4.78 is 1.94. The van der Waals surface area contributed by atoms with Gasteiger partial charge in [-0.1, -0.05) is 19.3 Å². The molecule has 7 heteroatoms. The minimum atomic E-state index is 0.0784. The van der Waals surface area contributed by atoms with Gasteiger partial charge in [-0.15, -0.1) is 0 Å². The molecule has 3 heterocycles. The summed E-state index contributed by atoms with van der Waals surface area (Å²) in [6.45, 7) is 0.939. The van der Waals surface area contributed by atoms with Crippen molar-refractivity contribution in [3.8, 4) is 11.3 Å². The molecule has 0 bridgehead atoms. The molecule has 128 valence electrons. The lowest BCUT2D eigenvalue weighted by atomic mass is 9.96. The van der Waals surface area contributed by atoms with Crippen LogP contribution in [0.5, 0.6) is 0 Å². The fourth-order valence-electron chi connectivity index (χ4n) is 3.58. The Kier molecular flexibility index (Phi) is 4.34. The van der Waals surface area contributed by atoms with Crippen molar-refractivity contribution in [1.29, 1.82) is 0 Å². The van der Waals surface area contributed by atoms with Gasteiger partial charge in [-0.3, -0.25) is 0 Å². The molecule has 0 radical (unpaired) electrons. The van der Waals surface area contributed by atoms with Crippen LogP contribution in [0.1, 0.15) is 38.5 Å². The lowest BCUT2D eigenvalue weighted by Gasteiger charge is -2.25. The SMILES string of the molecule is OCC1CCn2ncc(-c3ccnc(NC4CCCCC4)n3)c2N1. The van der Waals surface area contributed by atoms with Gasteiger partial charge in [0.25, 0.3) is 0 Å². The number of rotatable bonds is 4. The van der Waals surface area contributed by atoms with Gasteiger partial charge in [0.1, 0.15) is 5.82 Å². The van der Waals surface area contributed by atoms with E-state index in [4.69, 9.17) is 4.98 Å². The highest BCUT2D eigenvalue weighted by Crippen LogP contribution is 2.30. The molecule has 2 aromatic rings. The van der Waals surface area contributed by atoms with Gasteiger partial charge in [-0.2, -0.15) is 5.10 Å². The summed E-state index contributed by atoms with van der Waals surface area (Å²) in [5.41, 5.74) is 1.82. The van der Waals surface area contributed by atoms with Gasteiger partial charge in [0.15, 0.2) is 0 Å². The monoisotopic (exact) mass is 328 g/mol. The fourth-order valence-corrected chi connectivity index (χ4v) is 3.58. The second kappa shape index (κ2) is 6.76. The van der Waals surface area contributed by atoms with Gasteiger partial charge < -0.3 is 15.7 Å². The molecule has 7 nitrogen and oxygen atoms in total. The topological polar surface area (TPSA) is 87.9 Å². The van der Waals surface area contributed by atoms with Crippen LogP contribution in [0.3, 0.4) is 0 Å². The first kappa shape index (κ1) is 15.4. The minimum Gasteiger partial charge on any atom is -0.394 e. The molecule has 1 atom stereocenters. The second-order valence-electron chi connectivity index (χ2n) is 6.69. The highest BCUT2D eigenvalue weighted by molar-refractivity contribution is 5.73. The van der Waals surface area contributed by atoms with E-state index in [-0.39, 0.29) is 12.6 Å². The van der Waals surface area contributed by atoms with E-state index in [0.29, 0.717) is 12.0 Å². The van der Waals surface area contributed by atoms with Gasteiger partial charge in [-0.05, 0) is 25.3 Å². The molecule has 1 aliphatic heterocycles. The van der Waals surface area contributed by atoms with E-state index in [1.165, 1.54) is 32.1 Å². The van der Waals surface area contributed by atoms with E-state index in [0.717, 1.165) is 30.0 Å². The zero-order valence-electron chi connectivity index (χ0n) is 13.8. The van der Waals surface area contributed by atoms with Crippen LogP contribution >= 0.6 is 0 Å². The number of aryl methyl sites for hydroxylation is 1. The fraction of sp³-hybridized carbons (Fsp3) is 0.588. The quantitative estimate of drug-likeness (QED) is 0.798. The third kappa shape index (κ3) is 3.08. The summed E-state index contributed by atoms with van der Waals surface area (Å²) >= 11 is 0. The predicted octanol–water partition coefficient (Wildman–Crippen LogP) is 2.26. The van der Waals surface area contributed by atoms with Crippen molar-refractivity contribution in [3.63, 3.8) is 0 Å². The third-order valence-electron chi connectivity index (χ3n) is 4.96. The van der Waals surface area contributed by atoms with Gasteiger partial charge in [0.05, 0.1) is 30.1 Å². The van der Waals surface area contributed by atoms with Crippen LogP contribution in [0.25, 0.3) is 11.3 Å². The zero-order valence-corrected chi connectivity index (χ0v) is 13.8. The van der Waals surface area contributed by atoms with Crippen LogP contribution in [0.4, 0.5) is 11.8 Å². The lowest BCUT2D eigenvalue weighted by Crippen LogP contribution is -2.31. The molecule has 3 N–H and O–H groups in total. The Morgan fingerprint density at radius 3 is 2.96 bits per heavy atom. The van der Waals surface area contributed by atoms with Gasteiger partial charge >= 0.3 is 0 Å². The molecule has 1 saturated carbocycles. The van der Waals surface area contributed by atoms with Crippen molar-refractivity contribution >= 4 is 11.8 Å². The molecule has 1 unspecified atom stereocenters. The van der Waals surface area contributed by atoms with Crippen LogP contribution in [0.2, 0.25) is 0 Å². The predicted molar refractivity (Wildman–Crippen MR) is 92.9 cm³/mol. The second-order valence-corrected chi connectivity index (χ2v) is 6.69. The highest BCUT2D eigenvalue weighted by Gasteiger charge is 2.22. The van der Waals surface area contributed by atoms with E-state index in [1.807, 2.05) is 16.9 Å². The summed E-state index contributed by atoms with van der Waals surface area (Å²) in [5, 5.41) is 20.7. The smallest absolute Gasteiger partial charge is 0.223 e. The number of fused-ring (bicyclic) bond motifs is 1. The molecule has 0 aromatic carbocycles. The Balaban J connectivity index is 1.56. The number of anilines is 2. The standard InChI is InChI=1S/C17H24N6O/c24-11-13-7-9-23-16(20-13)14(10-19-23)15-6-8-18-17(22-15)21-12-4-2-1-3-5-12/h6,8,10,12-13,20,24H,1-5,7,9,11H2,(H,18,21,22). The first-order valence-corrected chi connectivity index (χ1v) is 8.86. The number of hydrogen-bond donors (Lipinski definition) is 3. The summed E-state index contributed by atoms with van der Waals surface area (Å²) in [5.74, 6) is 1.62. The number of nitrogens with zero attached hydrogens (tertiary/aromatic N) is 4. The molecule has 4 rings (SSSR count). The summed E-state index contributed by atoms with van der Waals surface area (Å²) in [6.07, 6.45) is 10.8. The molecular formula is C17H24N6O. The maximum absolute atomic E-state index is 9.41. The molecule has 1 fully saturated rings. The first-order valence-electron chi connectivity index (χ1n) is 8.86. The van der Waals surface area contributed by atoms with Crippen LogP contribution in [-0.4, -0.2) is 43.5 Å². The van der Waals surface area contributed by atoms with Crippen molar-refractivity contribution in [2.75, 3.05) is 17.2 Å². The Morgan fingerprint density at radius 1 is 1.25 bits per heavy atom. The van der Waals surface area contributed by atoms with Crippen LogP contribution in [0, 0.1) is 0 Å². The van der Waals surface area contributed by atoms with Crippen molar-refractivity contribution in [1.82, 2.24) is 19.7 Å². The van der Waals surface area contributed by atoms with Gasteiger partial charge in [0, 0.05) is 18.8 Å². The molecular weight excluding hydrogens is 304 g/mol. The summed E-state index contributed by atoms with van der Waals surface area (Å²) in [4.78, 5) is 9.07. The van der Waals surface area contributed by atoms with Gasteiger partial charge in [0.2, 0.25) is 5.95 Å². The van der Waals surface area contributed by atoms with E-state index in [9.17, 15) is 5.11 Å². The highest BCUT2D eigenvalue weighted by atomic mass is 16.3. The van der Waals surface area contributed by atoms with E-state index in [1.54, 1.807) is 6.20 Å². The van der Waals surface area contributed by atoms with Crippen molar-refractivity contribution in [2.24, 2.45) is 0 Å². The molecule has 0 spiro atoms. The van der Waals surface area contributed by atoms with E-state index in [2.05, 4.69) is 20.7 Å². The molecule has 2 aromatic heterocycles. The lowest BCUT2D eigenvalue weighted by molar-refractivity contribution is 0.258. The Hall–Kier alpha value is -2.15. The number of aromatic nitrogens is 4. The zero-order chi connectivity index (χ0) is 16.4. The molecule has 24 heavy (non-hydrogen) atoms. The molecule has 1 aliphatic carbocycles. The van der Waals surface area contributed by atoms with Gasteiger partial charge in [-0.25, -0.2) is 14.6 Å². The maximum Gasteiger partial charge on any atom is 0.223 e. The minimum absolute atomic E-state index is 0.0784. The average molecular weight is 328 g/mol. The third-order valence-corrected chi connectivity index (χ3v) is 4.96. The largest absolute Gasteiger partial charge is 0.394 e. The average Bonchev–Trinajstić information content (AvgIpc) is 3.06. The normalized spacial score (nSPS) is 21.1. The maximum atomic E-state index is 9.41.